The molecule has 128 valence electrons. The van der Waals surface area contributed by atoms with Crippen molar-refractivity contribution in [2.75, 3.05) is 18.5 Å². The topological polar surface area (TPSA) is 99.9 Å². The van der Waals surface area contributed by atoms with Gasteiger partial charge in [-0.15, -0.1) is 0 Å². The molecule has 0 radical (unpaired) electrons. The van der Waals surface area contributed by atoms with Gasteiger partial charge in [0.25, 0.3) is 0 Å². The second-order valence-electron chi connectivity index (χ2n) is 5.18. The van der Waals surface area contributed by atoms with Gasteiger partial charge < -0.3 is 19.6 Å². The van der Waals surface area contributed by atoms with E-state index < -0.39 is 11.9 Å². The maximum atomic E-state index is 12.1. The number of amides is 1. The Labute approximate surface area is 143 Å². The molecule has 1 heterocycles. The van der Waals surface area contributed by atoms with Gasteiger partial charge in [0, 0.05) is 6.08 Å². The molecule has 3 N–H and O–H groups in total. The minimum absolute atomic E-state index is 0.172. The van der Waals surface area contributed by atoms with Crippen LogP contribution in [0.1, 0.15) is 15.9 Å². The van der Waals surface area contributed by atoms with E-state index in [4.69, 9.17) is 15.4 Å². The van der Waals surface area contributed by atoms with Gasteiger partial charge in [0.2, 0.25) is 5.91 Å². The smallest absolute Gasteiger partial charge is 0.358 e. The second-order valence-corrected chi connectivity index (χ2v) is 5.18. The fourth-order valence-corrected chi connectivity index (χ4v) is 2.34. The molecule has 0 bridgehead atoms. The van der Waals surface area contributed by atoms with Gasteiger partial charge in [0.1, 0.15) is 13.2 Å². The van der Waals surface area contributed by atoms with Gasteiger partial charge >= 0.3 is 5.97 Å². The van der Waals surface area contributed by atoms with E-state index >= 15 is 0 Å². The number of hydrogen-bond acceptors (Lipinski definition) is 6. The number of carbonyl (C=O) groups is 2. The molecule has 7 heteroatoms. The van der Waals surface area contributed by atoms with Crippen molar-refractivity contribution in [2.45, 2.75) is 0 Å². The van der Waals surface area contributed by atoms with Gasteiger partial charge in [-0.3, -0.25) is 4.79 Å². The Bertz CT molecular complexity index is 832. The Hall–Kier alpha value is -3.32. The van der Waals surface area contributed by atoms with Crippen LogP contribution in [0.5, 0.6) is 11.5 Å². The van der Waals surface area contributed by atoms with E-state index in [1.165, 1.54) is 12.1 Å². The van der Waals surface area contributed by atoms with Crippen molar-refractivity contribution in [1.82, 2.24) is 0 Å². The Morgan fingerprint density at radius 2 is 1.84 bits per heavy atom. The van der Waals surface area contributed by atoms with Crippen LogP contribution in [-0.4, -0.2) is 25.1 Å². The zero-order valence-electron chi connectivity index (χ0n) is 13.2. The first-order chi connectivity index (χ1) is 12.2. The number of fused-ring (bicyclic) bond motifs is 1. The molecule has 0 saturated heterocycles. The molecule has 0 spiro atoms. The summed E-state index contributed by atoms with van der Waals surface area (Å²) in [4.78, 5) is 27.9. The third-order valence-electron chi connectivity index (χ3n) is 3.51. The average Bonchev–Trinajstić information content (AvgIpc) is 2.66. The summed E-state index contributed by atoms with van der Waals surface area (Å²) in [5.74, 6) is 5.10. The predicted molar refractivity (Wildman–Crippen MR) is 91.1 cm³/mol. The molecule has 0 aliphatic carbocycles. The summed E-state index contributed by atoms with van der Waals surface area (Å²) in [5, 5.41) is 2.62. The zero-order chi connectivity index (χ0) is 17.6. The quantitative estimate of drug-likeness (QED) is 0.653. The number of para-hydroxylation sites is 1. The summed E-state index contributed by atoms with van der Waals surface area (Å²) in [6.45, 7) is 1.02. The zero-order valence-corrected chi connectivity index (χ0v) is 13.2. The average molecular weight is 340 g/mol. The lowest BCUT2D eigenvalue weighted by Gasteiger charge is -2.18. The van der Waals surface area contributed by atoms with Gasteiger partial charge in [-0.25, -0.2) is 4.79 Å². The van der Waals surface area contributed by atoms with Gasteiger partial charge in [0.05, 0.1) is 11.3 Å². The summed E-state index contributed by atoms with van der Waals surface area (Å²) >= 11 is 0. The maximum absolute atomic E-state index is 12.1. The van der Waals surface area contributed by atoms with Gasteiger partial charge in [-0.1, -0.05) is 18.2 Å². The van der Waals surface area contributed by atoms with Crippen LogP contribution in [0, 0.1) is 0 Å². The molecule has 1 aliphatic heterocycles. The highest BCUT2D eigenvalue weighted by Crippen LogP contribution is 2.31. The van der Waals surface area contributed by atoms with Gasteiger partial charge in [0.15, 0.2) is 11.5 Å². The summed E-state index contributed by atoms with van der Waals surface area (Å²) in [6.07, 6.45) is 2.99. The summed E-state index contributed by atoms with van der Waals surface area (Å²) in [7, 11) is 0. The SMILES string of the molecule is NOC(=O)c1ccccc1NC(=O)/C=C/c1ccc2c(c1)OCCO2. The van der Waals surface area contributed by atoms with Crippen molar-refractivity contribution in [3.63, 3.8) is 0 Å². The van der Waals surface area contributed by atoms with Crippen molar-refractivity contribution in [3.8, 4) is 11.5 Å². The standard InChI is InChI=1S/C18H16N2O5/c19-25-18(22)13-3-1-2-4-14(13)20-17(21)8-6-12-5-7-15-16(11-12)24-10-9-23-15/h1-8,11H,9-10,19H2,(H,20,21)/b8-6+. The van der Waals surface area contributed by atoms with Crippen molar-refractivity contribution < 1.29 is 23.9 Å². The summed E-state index contributed by atoms with van der Waals surface area (Å²) in [5.41, 5.74) is 1.27. The van der Waals surface area contributed by atoms with Crippen LogP contribution in [0.3, 0.4) is 0 Å². The van der Waals surface area contributed by atoms with Crippen molar-refractivity contribution in [2.24, 2.45) is 5.90 Å². The van der Waals surface area contributed by atoms with Crippen LogP contribution >= 0.6 is 0 Å². The van der Waals surface area contributed by atoms with Crippen LogP contribution in [0.2, 0.25) is 0 Å². The molecule has 0 fully saturated rings. The first kappa shape index (κ1) is 16.5. The first-order valence-electron chi connectivity index (χ1n) is 7.56. The predicted octanol–water partition coefficient (Wildman–Crippen LogP) is 2.14. The van der Waals surface area contributed by atoms with Crippen LogP contribution < -0.4 is 20.7 Å². The van der Waals surface area contributed by atoms with E-state index in [-0.39, 0.29) is 5.56 Å². The molecule has 3 rings (SSSR count). The van der Waals surface area contributed by atoms with Crippen molar-refractivity contribution in [1.29, 1.82) is 0 Å². The lowest BCUT2D eigenvalue weighted by atomic mass is 10.1. The fraction of sp³-hybridized carbons (Fsp3) is 0.111. The Kier molecular flexibility index (Phi) is 4.96. The first-order valence-corrected chi connectivity index (χ1v) is 7.56. The van der Waals surface area contributed by atoms with E-state index in [1.807, 2.05) is 6.07 Å². The molecule has 0 saturated carbocycles. The third kappa shape index (κ3) is 3.96. The van der Waals surface area contributed by atoms with E-state index in [2.05, 4.69) is 10.2 Å². The van der Waals surface area contributed by atoms with Gasteiger partial charge in [-0.2, -0.15) is 5.90 Å². The Morgan fingerprint density at radius 3 is 2.64 bits per heavy atom. The Morgan fingerprint density at radius 1 is 1.08 bits per heavy atom. The monoisotopic (exact) mass is 340 g/mol. The molecule has 2 aromatic carbocycles. The third-order valence-corrected chi connectivity index (χ3v) is 3.51. The molecule has 1 aliphatic rings. The lowest BCUT2D eigenvalue weighted by molar-refractivity contribution is -0.111. The van der Waals surface area contributed by atoms with Crippen LogP contribution in [0.25, 0.3) is 6.08 Å². The number of rotatable bonds is 4. The van der Waals surface area contributed by atoms with Crippen LogP contribution in [-0.2, 0) is 9.63 Å². The Balaban J connectivity index is 1.71. The molecule has 0 atom stereocenters. The highest BCUT2D eigenvalue weighted by atomic mass is 16.7. The number of hydrogen-bond donors (Lipinski definition) is 2. The van der Waals surface area contributed by atoms with Crippen LogP contribution in [0.4, 0.5) is 5.69 Å². The molecule has 1 amide bonds. The highest BCUT2D eigenvalue weighted by Gasteiger charge is 2.13. The van der Waals surface area contributed by atoms with E-state index in [1.54, 1.807) is 36.4 Å². The van der Waals surface area contributed by atoms with Crippen LogP contribution in [0.15, 0.2) is 48.5 Å². The normalized spacial score (nSPS) is 12.7. The molecule has 2 aromatic rings. The summed E-state index contributed by atoms with van der Waals surface area (Å²) in [6, 6.07) is 11.8. The largest absolute Gasteiger partial charge is 0.486 e. The second kappa shape index (κ2) is 7.50. The van der Waals surface area contributed by atoms with E-state index in [9.17, 15) is 9.59 Å². The highest BCUT2D eigenvalue weighted by molar-refractivity contribution is 6.06. The molecule has 0 aromatic heterocycles. The number of benzene rings is 2. The minimum Gasteiger partial charge on any atom is -0.486 e. The molecular formula is C18H16N2O5. The minimum atomic E-state index is -0.730. The number of ether oxygens (including phenoxy) is 2. The molecule has 25 heavy (non-hydrogen) atoms. The number of anilines is 1. The molecule has 0 unspecified atom stereocenters. The molecule has 7 nitrogen and oxygen atoms in total. The van der Waals surface area contributed by atoms with Gasteiger partial charge in [-0.05, 0) is 35.9 Å². The number of nitrogens with one attached hydrogen (secondary N) is 1. The molecular weight excluding hydrogens is 324 g/mol. The van der Waals surface area contributed by atoms with E-state index in [0.717, 1.165) is 5.56 Å². The van der Waals surface area contributed by atoms with E-state index in [0.29, 0.717) is 30.4 Å². The fourth-order valence-electron chi connectivity index (χ4n) is 2.34. The number of carbonyl (C=O) groups excluding carboxylic acids is 2. The maximum Gasteiger partial charge on any atom is 0.358 e. The summed E-state index contributed by atoms with van der Waals surface area (Å²) < 4.78 is 10.9. The number of nitrogens with two attached hydrogens (primary N) is 1. The van der Waals surface area contributed by atoms with Crippen molar-refractivity contribution in [3.05, 3.63) is 59.7 Å². The lowest BCUT2D eigenvalue weighted by Crippen LogP contribution is -2.15. The van der Waals surface area contributed by atoms with Crippen molar-refractivity contribution >= 4 is 23.6 Å².